The summed E-state index contributed by atoms with van der Waals surface area (Å²) in [6.45, 7) is 4.16. The first-order valence-corrected chi connectivity index (χ1v) is 6.95. The largest absolute Gasteiger partial charge is 0.484 e. The van der Waals surface area contributed by atoms with Crippen molar-refractivity contribution in [2.45, 2.75) is 26.5 Å². The van der Waals surface area contributed by atoms with Crippen LogP contribution in [-0.2, 0) is 13.2 Å². The maximum atomic E-state index is 5.57. The van der Waals surface area contributed by atoms with E-state index in [2.05, 4.69) is 38.3 Å². The molecule has 6 heteroatoms. The summed E-state index contributed by atoms with van der Waals surface area (Å²) in [5.41, 5.74) is 0.888. The SMILES string of the molecule is CCCNCc1cc(COc2cncc(Br)c2)on1. The summed E-state index contributed by atoms with van der Waals surface area (Å²) in [5, 5.41) is 7.24. The van der Waals surface area contributed by atoms with E-state index in [9.17, 15) is 0 Å². The molecule has 2 aromatic rings. The Bertz CT molecular complexity index is 516. The molecule has 0 spiro atoms. The summed E-state index contributed by atoms with van der Waals surface area (Å²) >= 11 is 3.34. The van der Waals surface area contributed by atoms with Gasteiger partial charge in [-0.05, 0) is 35.0 Å². The summed E-state index contributed by atoms with van der Waals surface area (Å²) < 4.78 is 11.6. The number of nitrogens with one attached hydrogen (secondary N) is 1. The molecular formula is C13H16BrN3O2. The first-order valence-electron chi connectivity index (χ1n) is 6.16. The molecule has 2 rings (SSSR count). The highest BCUT2D eigenvalue weighted by atomic mass is 79.9. The average Bonchev–Trinajstić information content (AvgIpc) is 2.85. The molecule has 0 aliphatic heterocycles. The van der Waals surface area contributed by atoms with Crippen LogP contribution in [0, 0.1) is 0 Å². The monoisotopic (exact) mass is 325 g/mol. The van der Waals surface area contributed by atoms with Crippen molar-refractivity contribution in [2.24, 2.45) is 0 Å². The van der Waals surface area contributed by atoms with Gasteiger partial charge in [-0.3, -0.25) is 4.98 Å². The number of aromatic nitrogens is 2. The predicted molar refractivity (Wildman–Crippen MR) is 74.8 cm³/mol. The summed E-state index contributed by atoms with van der Waals surface area (Å²) in [6, 6.07) is 3.75. The Morgan fingerprint density at radius 3 is 3.05 bits per heavy atom. The molecule has 102 valence electrons. The van der Waals surface area contributed by atoms with Crippen LogP contribution in [0.3, 0.4) is 0 Å². The normalized spacial score (nSPS) is 10.6. The van der Waals surface area contributed by atoms with Crippen LogP contribution in [0.2, 0.25) is 0 Å². The summed E-state index contributed by atoms with van der Waals surface area (Å²) in [4.78, 5) is 4.02. The third kappa shape index (κ3) is 4.65. The van der Waals surface area contributed by atoms with Crippen LogP contribution in [0.4, 0.5) is 0 Å². The molecule has 0 fully saturated rings. The standard InChI is InChI=1S/C13H16BrN3O2/c1-2-3-15-7-11-5-13(19-17-11)9-18-12-4-10(14)6-16-8-12/h4-6,8,15H,2-3,7,9H2,1H3. The van der Waals surface area contributed by atoms with E-state index in [-0.39, 0.29) is 0 Å². The van der Waals surface area contributed by atoms with Crippen LogP contribution < -0.4 is 10.1 Å². The Morgan fingerprint density at radius 1 is 1.37 bits per heavy atom. The van der Waals surface area contributed by atoms with Crippen LogP contribution >= 0.6 is 15.9 Å². The molecule has 0 unspecified atom stereocenters. The molecular weight excluding hydrogens is 310 g/mol. The van der Waals surface area contributed by atoms with E-state index in [1.54, 1.807) is 12.4 Å². The average molecular weight is 326 g/mol. The van der Waals surface area contributed by atoms with Gasteiger partial charge in [-0.1, -0.05) is 12.1 Å². The number of halogens is 1. The summed E-state index contributed by atoms with van der Waals surface area (Å²) in [7, 11) is 0. The molecule has 0 atom stereocenters. The van der Waals surface area contributed by atoms with Gasteiger partial charge < -0.3 is 14.6 Å². The van der Waals surface area contributed by atoms with Crippen LogP contribution in [0.25, 0.3) is 0 Å². The van der Waals surface area contributed by atoms with E-state index >= 15 is 0 Å². The maximum Gasteiger partial charge on any atom is 0.174 e. The Hall–Kier alpha value is -1.40. The lowest BCUT2D eigenvalue weighted by Gasteiger charge is -2.02. The predicted octanol–water partition coefficient (Wildman–Crippen LogP) is 2.91. The molecule has 0 aliphatic carbocycles. The Labute approximate surface area is 120 Å². The van der Waals surface area contributed by atoms with E-state index in [0.29, 0.717) is 18.1 Å². The van der Waals surface area contributed by atoms with E-state index in [0.717, 1.165) is 29.7 Å². The van der Waals surface area contributed by atoms with E-state index in [1.165, 1.54) is 0 Å². The zero-order valence-corrected chi connectivity index (χ0v) is 12.3. The summed E-state index contributed by atoms with van der Waals surface area (Å²) in [6.07, 6.45) is 4.47. The van der Waals surface area contributed by atoms with Gasteiger partial charge in [0.25, 0.3) is 0 Å². The van der Waals surface area contributed by atoms with Gasteiger partial charge in [0.05, 0.1) is 11.9 Å². The molecule has 0 radical (unpaired) electrons. The van der Waals surface area contributed by atoms with Crippen LogP contribution in [0.1, 0.15) is 24.8 Å². The van der Waals surface area contributed by atoms with Crippen LogP contribution in [-0.4, -0.2) is 16.7 Å². The van der Waals surface area contributed by atoms with Gasteiger partial charge in [-0.2, -0.15) is 0 Å². The maximum absolute atomic E-state index is 5.57. The highest BCUT2D eigenvalue weighted by molar-refractivity contribution is 9.10. The molecule has 0 saturated carbocycles. The fourth-order valence-corrected chi connectivity index (χ4v) is 1.87. The molecule has 0 saturated heterocycles. The minimum absolute atomic E-state index is 0.346. The minimum Gasteiger partial charge on any atom is -0.484 e. The molecule has 2 heterocycles. The number of hydrogen-bond acceptors (Lipinski definition) is 5. The lowest BCUT2D eigenvalue weighted by atomic mass is 10.3. The van der Waals surface area contributed by atoms with Crippen molar-refractivity contribution in [2.75, 3.05) is 6.54 Å². The molecule has 1 N–H and O–H groups in total. The van der Waals surface area contributed by atoms with Gasteiger partial charge in [0.15, 0.2) is 5.76 Å². The van der Waals surface area contributed by atoms with Crippen molar-refractivity contribution in [1.82, 2.24) is 15.5 Å². The quantitative estimate of drug-likeness (QED) is 0.793. The third-order valence-electron chi connectivity index (χ3n) is 2.40. The van der Waals surface area contributed by atoms with Crippen molar-refractivity contribution in [3.05, 3.63) is 40.5 Å². The van der Waals surface area contributed by atoms with Crippen molar-refractivity contribution in [1.29, 1.82) is 0 Å². The Morgan fingerprint density at radius 2 is 2.26 bits per heavy atom. The van der Waals surface area contributed by atoms with Gasteiger partial charge >= 0.3 is 0 Å². The second-order valence-electron chi connectivity index (χ2n) is 4.09. The van der Waals surface area contributed by atoms with Crippen molar-refractivity contribution in [3.8, 4) is 5.75 Å². The topological polar surface area (TPSA) is 60.2 Å². The first kappa shape index (κ1) is 14.0. The van der Waals surface area contributed by atoms with E-state index < -0.39 is 0 Å². The zero-order valence-electron chi connectivity index (χ0n) is 10.7. The highest BCUT2D eigenvalue weighted by Crippen LogP contribution is 2.17. The molecule has 0 aliphatic rings. The fraction of sp³-hybridized carbons (Fsp3) is 0.385. The molecule has 0 amide bonds. The number of pyridine rings is 1. The van der Waals surface area contributed by atoms with Crippen molar-refractivity contribution in [3.63, 3.8) is 0 Å². The summed E-state index contributed by atoms with van der Waals surface area (Å²) in [5.74, 6) is 1.39. The second kappa shape index (κ2) is 7.25. The first-order chi connectivity index (χ1) is 9.28. The van der Waals surface area contributed by atoms with E-state index in [4.69, 9.17) is 9.26 Å². The Balaban J connectivity index is 1.83. The van der Waals surface area contributed by atoms with E-state index in [1.807, 2.05) is 12.1 Å². The lowest BCUT2D eigenvalue weighted by Crippen LogP contribution is -2.13. The smallest absolute Gasteiger partial charge is 0.174 e. The van der Waals surface area contributed by atoms with Gasteiger partial charge in [-0.25, -0.2) is 0 Å². The fourth-order valence-electron chi connectivity index (χ4n) is 1.53. The highest BCUT2D eigenvalue weighted by Gasteiger charge is 2.05. The van der Waals surface area contributed by atoms with Gasteiger partial charge in [0, 0.05) is 23.3 Å². The molecule has 0 bridgehead atoms. The van der Waals surface area contributed by atoms with Crippen LogP contribution in [0.15, 0.2) is 33.5 Å². The van der Waals surface area contributed by atoms with Gasteiger partial charge in [-0.15, -0.1) is 0 Å². The molecule has 5 nitrogen and oxygen atoms in total. The number of rotatable bonds is 7. The molecule has 2 aromatic heterocycles. The van der Waals surface area contributed by atoms with Crippen molar-refractivity contribution < 1.29 is 9.26 Å². The molecule has 0 aromatic carbocycles. The lowest BCUT2D eigenvalue weighted by molar-refractivity contribution is 0.247. The molecule has 19 heavy (non-hydrogen) atoms. The van der Waals surface area contributed by atoms with Crippen molar-refractivity contribution >= 4 is 15.9 Å². The Kier molecular flexibility index (Phi) is 5.35. The second-order valence-corrected chi connectivity index (χ2v) is 5.00. The number of ether oxygens (including phenoxy) is 1. The number of hydrogen-bond donors (Lipinski definition) is 1. The zero-order chi connectivity index (χ0) is 13.5. The number of nitrogens with zero attached hydrogens (tertiary/aromatic N) is 2. The van der Waals surface area contributed by atoms with Gasteiger partial charge in [0.2, 0.25) is 0 Å². The third-order valence-corrected chi connectivity index (χ3v) is 2.84. The minimum atomic E-state index is 0.346. The van der Waals surface area contributed by atoms with Gasteiger partial charge in [0.1, 0.15) is 12.4 Å². The van der Waals surface area contributed by atoms with Crippen LogP contribution in [0.5, 0.6) is 5.75 Å².